The summed E-state index contributed by atoms with van der Waals surface area (Å²) in [5, 5.41) is 4.02. The van der Waals surface area contributed by atoms with Gasteiger partial charge in [-0.3, -0.25) is 4.79 Å². The van der Waals surface area contributed by atoms with Gasteiger partial charge in [0.2, 0.25) is 0 Å². The normalized spacial score (nSPS) is 15.7. The minimum atomic E-state index is -0.0223. The van der Waals surface area contributed by atoms with E-state index in [0.717, 1.165) is 21.9 Å². The zero-order valence-corrected chi connectivity index (χ0v) is 15.1. The van der Waals surface area contributed by atoms with Crippen LogP contribution in [0.5, 0.6) is 0 Å². The molecule has 1 N–H and O–H groups in total. The molecule has 3 rings (SSSR count). The molecule has 5 heteroatoms. The van der Waals surface area contributed by atoms with Gasteiger partial charge in [-0.15, -0.1) is 0 Å². The van der Waals surface area contributed by atoms with Crippen molar-refractivity contribution in [2.24, 2.45) is 5.92 Å². The molecule has 1 saturated carbocycles. The number of rotatable bonds is 5. The van der Waals surface area contributed by atoms with Gasteiger partial charge in [0, 0.05) is 16.4 Å². The lowest BCUT2D eigenvalue weighted by Gasteiger charge is -2.21. The van der Waals surface area contributed by atoms with Gasteiger partial charge in [-0.05, 0) is 37.8 Å². The van der Waals surface area contributed by atoms with Gasteiger partial charge in [-0.2, -0.15) is 4.73 Å². The first-order valence-electron chi connectivity index (χ1n) is 8.41. The van der Waals surface area contributed by atoms with Gasteiger partial charge in [0.15, 0.2) is 0 Å². The third kappa shape index (κ3) is 3.55. The Morgan fingerprint density at radius 3 is 2.87 bits per heavy atom. The summed E-state index contributed by atoms with van der Waals surface area (Å²) in [4.78, 5) is 18.3. The number of carbonyl (C=O) groups excluding carboxylic acids is 1. The fourth-order valence-corrected chi connectivity index (χ4v) is 3.93. The first-order valence-corrected chi connectivity index (χ1v) is 9.21. The second-order valence-corrected chi connectivity index (χ2v) is 6.99. The number of nitrogens with zero attached hydrogens (tertiary/aromatic N) is 1. The minimum absolute atomic E-state index is 0.0223. The highest BCUT2D eigenvalue weighted by molar-refractivity contribution is 9.10. The molecule has 0 radical (unpaired) electrons. The molecule has 0 spiro atoms. The Bertz CT molecular complexity index is 690. The predicted molar refractivity (Wildman–Crippen MR) is 95.7 cm³/mol. The van der Waals surface area contributed by atoms with Gasteiger partial charge in [-0.25, -0.2) is 0 Å². The fraction of sp³-hybridized carbons (Fsp3) is 0.500. The van der Waals surface area contributed by atoms with Gasteiger partial charge < -0.3 is 10.2 Å². The zero-order chi connectivity index (χ0) is 16.2. The van der Waals surface area contributed by atoms with Crippen LogP contribution < -0.4 is 10.2 Å². The van der Waals surface area contributed by atoms with Gasteiger partial charge >= 0.3 is 0 Å². The van der Waals surface area contributed by atoms with E-state index >= 15 is 0 Å². The average molecular weight is 379 g/mol. The maximum atomic E-state index is 12.7. The molecule has 1 amide bonds. The quantitative estimate of drug-likeness (QED) is 0.848. The molecule has 1 aromatic heterocycles. The van der Waals surface area contributed by atoms with Crippen molar-refractivity contribution in [3.8, 4) is 0 Å². The molecule has 1 aromatic carbocycles. The number of nitrogens with one attached hydrogen (secondary N) is 1. The molecule has 1 aliphatic rings. The largest absolute Gasteiger partial charge is 0.414 e. The molecule has 1 fully saturated rings. The smallest absolute Gasteiger partial charge is 0.253 e. The summed E-state index contributed by atoms with van der Waals surface area (Å²) in [6.07, 6.45) is 8.15. The third-order valence-electron chi connectivity index (χ3n) is 4.53. The number of hydrogen-bond acceptors (Lipinski definition) is 2. The van der Waals surface area contributed by atoms with E-state index in [4.69, 9.17) is 4.84 Å². The Balaban J connectivity index is 1.81. The van der Waals surface area contributed by atoms with Gasteiger partial charge in [0.05, 0.1) is 17.3 Å². The molecule has 124 valence electrons. The van der Waals surface area contributed by atoms with Crippen molar-refractivity contribution < 1.29 is 9.63 Å². The molecule has 1 aliphatic carbocycles. The minimum Gasteiger partial charge on any atom is -0.414 e. The Labute approximate surface area is 145 Å². The first kappa shape index (κ1) is 16.4. The molecule has 0 aliphatic heterocycles. The van der Waals surface area contributed by atoms with E-state index in [2.05, 4.69) is 21.2 Å². The fourth-order valence-electron chi connectivity index (χ4n) is 3.36. The molecule has 0 bridgehead atoms. The number of aromatic nitrogens is 1. The monoisotopic (exact) mass is 378 g/mol. The van der Waals surface area contributed by atoms with Crippen molar-refractivity contribution in [2.45, 2.75) is 39.0 Å². The van der Waals surface area contributed by atoms with Crippen molar-refractivity contribution in [3.05, 3.63) is 34.4 Å². The van der Waals surface area contributed by atoms with Crippen LogP contribution in [-0.2, 0) is 0 Å². The van der Waals surface area contributed by atoms with E-state index in [1.54, 1.807) is 10.9 Å². The number of amides is 1. The molecule has 4 nitrogen and oxygen atoms in total. The van der Waals surface area contributed by atoms with E-state index < -0.39 is 0 Å². The van der Waals surface area contributed by atoms with Crippen LogP contribution in [0.2, 0.25) is 0 Å². The number of hydrogen-bond donors (Lipinski definition) is 1. The summed E-state index contributed by atoms with van der Waals surface area (Å²) < 4.78 is 2.60. The first-order chi connectivity index (χ1) is 11.2. The average Bonchev–Trinajstić information content (AvgIpc) is 2.94. The summed E-state index contributed by atoms with van der Waals surface area (Å²) in [6.45, 7) is 3.26. The van der Waals surface area contributed by atoms with E-state index in [0.29, 0.717) is 18.1 Å². The van der Waals surface area contributed by atoms with Crippen LogP contribution in [0.4, 0.5) is 0 Å². The molecule has 23 heavy (non-hydrogen) atoms. The third-order valence-corrected chi connectivity index (χ3v) is 5.19. The Hall–Kier alpha value is -1.49. The molecule has 1 heterocycles. The molecule has 0 saturated heterocycles. The van der Waals surface area contributed by atoms with Crippen LogP contribution in [0, 0.1) is 5.92 Å². The van der Waals surface area contributed by atoms with Crippen molar-refractivity contribution >= 4 is 32.7 Å². The maximum absolute atomic E-state index is 12.7. The number of benzene rings is 1. The van der Waals surface area contributed by atoms with E-state index in [1.165, 1.54) is 32.1 Å². The lowest BCUT2D eigenvalue weighted by Crippen LogP contribution is -2.30. The van der Waals surface area contributed by atoms with E-state index in [1.807, 2.05) is 25.1 Å². The Morgan fingerprint density at radius 1 is 1.35 bits per heavy atom. The van der Waals surface area contributed by atoms with Crippen LogP contribution in [0.1, 0.15) is 49.4 Å². The van der Waals surface area contributed by atoms with Crippen molar-refractivity contribution in [2.75, 3.05) is 13.2 Å². The lowest BCUT2D eigenvalue weighted by atomic mass is 9.89. The highest BCUT2D eigenvalue weighted by Crippen LogP contribution is 2.29. The van der Waals surface area contributed by atoms with E-state index in [9.17, 15) is 4.79 Å². The summed E-state index contributed by atoms with van der Waals surface area (Å²) >= 11 is 3.56. The standard InChI is InChI=1S/C18H23BrN2O2/c1-2-23-21-12-14(17-15(19)9-6-10-16(17)21)18(22)20-11-13-7-4-3-5-8-13/h6,9-10,12-13H,2-5,7-8,11H2,1H3,(H,20,22). The van der Waals surface area contributed by atoms with Crippen LogP contribution >= 0.6 is 15.9 Å². The van der Waals surface area contributed by atoms with Crippen LogP contribution in [0.3, 0.4) is 0 Å². The predicted octanol–water partition coefficient (Wildman–Crippen LogP) is 4.16. The van der Waals surface area contributed by atoms with Crippen molar-refractivity contribution in [1.82, 2.24) is 10.0 Å². The zero-order valence-electron chi connectivity index (χ0n) is 13.5. The van der Waals surface area contributed by atoms with Gasteiger partial charge in [0.25, 0.3) is 5.91 Å². The van der Waals surface area contributed by atoms with Crippen molar-refractivity contribution in [3.63, 3.8) is 0 Å². The molecule has 2 aromatic rings. The maximum Gasteiger partial charge on any atom is 0.253 e. The number of carbonyl (C=O) groups is 1. The van der Waals surface area contributed by atoms with Crippen LogP contribution in [0.15, 0.2) is 28.9 Å². The summed E-state index contributed by atoms with van der Waals surface area (Å²) in [6, 6.07) is 5.87. The Morgan fingerprint density at radius 2 is 2.13 bits per heavy atom. The van der Waals surface area contributed by atoms with Gasteiger partial charge in [-0.1, -0.05) is 41.3 Å². The SMILES string of the molecule is CCOn1cc(C(=O)NCC2CCCCC2)c2c(Br)cccc21. The Kier molecular flexibility index (Phi) is 5.26. The molecular formula is C18H23BrN2O2. The molecule has 0 unspecified atom stereocenters. The number of fused-ring (bicyclic) bond motifs is 1. The summed E-state index contributed by atoms with van der Waals surface area (Å²) in [5.41, 5.74) is 1.57. The van der Waals surface area contributed by atoms with Gasteiger partial charge in [0.1, 0.15) is 6.61 Å². The lowest BCUT2D eigenvalue weighted by molar-refractivity contribution is 0.0939. The van der Waals surface area contributed by atoms with Crippen LogP contribution in [0.25, 0.3) is 10.9 Å². The second kappa shape index (κ2) is 7.39. The second-order valence-electron chi connectivity index (χ2n) is 6.13. The summed E-state index contributed by atoms with van der Waals surface area (Å²) in [5.74, 6) is 0.599. The van der Waals surface area contributed by atoms with Crippen LogP contribution in [-0.4, -0.2) is 23.8 Å². The highest BCUT2D eigenvalue weighted by atomic mass is 79.9. The topological polar surface area (TPSA) is 43.3 Å². The molecular weight excluding hydrogens is 356 g/mol. The number of halogens is 1. The van der Waals surface area contributed by atoms with E-state index in [-0.39, 0.29) is 5.91 Å². The van der Waals surface area contributed by atoms with Crippen molar-refractivity contribution in [1.29, 1.82) is 0 Å². The molecule has 0 atom stereocenters. The summed E-state index contributed by atoms with van der Waals surface area (Å²) in [7, 11) is 0. The highest BCUT2D eigenvalue weighted by Gasteiger charge is 2.20.